The lowest BCUT2D eigenvalue weighted by molar-refractivity contribution is -0.698. The third-order valence-electron chi connectivity index (χ3n) is 4.88. The highest BCUT2D eigenvalue weighted by Gasteiger charge is 2.22. The Morgan fingerprint density at radius 3 is 1.96 bits per heavy atom. The van der Waals surface area contributed by atoms with E-state index >= 15 is 0 Å². The Kier molecular flexibility index (Phi) is 14.5. The van der Waals surface area contributed by atoms with Crippen molar-refractivity contribution in [1.82, 2.24) is 0 Å². The Bertz CT molecular complexity index is 524. The number of aryl methyl sites for hydroxylation is 1. The minimum absolute atomic E-state index is 0. The number of unbranched alkanes of at least 4 members (excludes halogenated alkanes) is 4. The summed E-state index contributed by atoms with van der Waals surface area (Å²) in [6.07, 6.45) is 12.3. The van der Waals surface area contributed by atoms with Gasteiger partial charge in [-0.05, 0) is 24.7 Å². The third kappa shape index (κ3) is 13.2. The molecule has 0 spiro atoms. The molecule has 1 rings (SSSR count). The normalized spacial score (nSPS) is 12.8. The molecule has 1 aromatic heterocycles. The maximum Gasteiger partial charge on any atom is 0.303 e. The fourth-order valence-corrected chi connectivity index (χ4v) is 3.52. The molecule has 27 heavy (non-hydrogen) atoms. The maximum absolute atomic E-state index is 11.2. The number of hydrogen-bond acceptors (Lipinski definition) is 2. The van der Waals surface area contributed by atoms with E-state index in [1.54, 1.807) is 0 Å². The lowest BCUT2D eigenvalue weighted by atomic mass is 9.84. The Labute approximate surface area is 169 Å². The number of pyridine rings is 1. The zero-order chi connectivity index (χ0) is 19.2. The first kappa shape index (κ1) is 25.4. The molecule has 0 fully saturated rings. The molecule has 0 aliphatic heterocycles. The predicted octanol–water partition coefficient (Wildman–Crippen LogP) is 1.30. The molecule has 0 amide bonds. The van der Waals surface area contributed by atoms with Crippen LogP contribution >= 0.6 is 0 Å². The van der Waals surface area contributed by atoms with Crippen LogP contribution in [-0.4, -0.2) is 22.2 Å². The van der Waals surface area contributed by atoms with E-state index in [2.05, 4.69) is 6.92 Å². The Morgan fingerprint density at radius 2 is 1.41 bits per heavy atom. The summed E-state index contributed by atoms with van der Waals surface area (Å²) in [5, 5.41) is 18.4. The van der Waals surface area contributed by atoms with E-state index in [0.717, 1.165) is 32.2 Å². The van der Waals surface area contributed by atoms with Gasteiger partial charge in [-0.3, -0.25) is 9.59 Å². The van der Waals surface area contributed by atoms with Crippen LogP contribution in [-0.2, 0) is 16.1 Å². The Hall–Kier alpha value is -1.62. The van der Waals surface area contributed by atoms with Gasteiger partial charge in [0.15, 0.2) is 12.4 Å². The molecule has 154 valence electrons. The zero-order valence-corrected chi connectivity index (χ0v) is 17.1. The third-order valence-corrected chi connectivity index (χ3v) is 4.88. The van der Waals surface area contributed by atoms with Crippen LogP contribution in [0.4, 0.5) is 0 Å². The molecule has 5 nitrogen and oxygen atoms in total. The van der Waals surface area contributed by atoms with Crippen molar-refractivity contribution < 1.29 is 36.8 Å². The van der Waals surface area contributed by atoms with Crippen molar-refractivity contribution in [3.63, 3.8) is 0 Å². The molecule has 0 saturated heterocycles. The molecule has 0 aromatic carbocycles. The first-order chi connectivity index (χ1) is 12.5. The lowest BCUT2D eigenvalue weighted by Gasteiger charge is -2.21. The topological polar surface area (TPSA) is 78.5 Å². The van der Waals surface area contributed by atoms with Crippen LogP contribution < -0.4 is 17.0 Å². The van der Waals surface area contributed by atoms with E-state index in [0.29, 0.717) is 6.42 Å². The molecule has 6 heteroatoms. The molecule has 2 atom stereocenters. The van der Waals surface area contributed by atoms with Crippen molar-refractivity contribution in [2.45, 2.75) is 77.7 Å². The molecule has 0 saturated carbocycles. The van der Waals surface area contributed by atoms with Crippen LogP contribution in [0.2, 0.25) is 0 Å². The highest BCUT2D eigenvalue weighted by atomic mass is 35.5. The SMILES string of the molecule is CCCCCCCC(CC(=O)O)CC(CC[n+]1ccccc1)CC(=O)O.[Cl-]. The standard InChI is InChI=1S/C21H33NO4.ClH/c1-2-3-4-5-7-10-18(16-20(23)24)15-19(17-21(25)26)11-14-22-12-8-6-9-13-22;/h6,8-9,12-13,18-19H,2-5,7,10-11,14-17H2,1H3,(H-,23,24,25,26);1H. The van der Waals surface area contributed by atoms with E-state index in [1.165, 1.54) is 19.3 Å². The number of nitrogens with zero attached hydrogens (tertiary/aromatic N) is 1. The van der Waals surface area contributed by atoms with Gasteiger partial charge in [0, 0.05) is 31.4 Å². The van der Waals surface area contributed by atoms with Crippen LogP contribution in [0, 0.1) is 11.8 Å². The van der Waals surface area contributed by atoms with Gasteiger partial charge in [0.25, 0.3) is 0 Å². The minimum Gasteiger partial charge on any atom is -1.00 e. The number of hydrogen-bond donors (Lipinski definition) is 2. The molecule has 1 aromatic rings. The summed E-state index contributed by atoms with van der Waals surface area (Å²) >= 11 is 0. The van der Waals surface area contributed by atoms with Crippen molar-refractivity contribution in [1.29, 1.82) is 0 Å². The molecule has 0 aliphatic carbocycles. The zero-order valence-electron chi connectivity index (χ0n) is 16.4. The second-order valence-corrected chi connectivity index (χ2v) is 7.27. The van der Waals surface area contributed by atoms with E-state index in [4.69, 9.17) is 0 Å². The van der Waals surface area contributed by atoms with Gasteiger partial charge in [-0.1, -0.05) is 45.1 Å². The highest BCUT2D eigenvalue weighted by molar-refractivity contribution is 5.67. The number of rotatable bonds is 15. The number of aromatic nitrogens is 1. The van der Waals surface area contributed by atoms with Gasteiger partial charge in [-0.25, -0.2) is 4.57 Å². The fraction of sp³-hybridized carbons (Fsp3) is 0.667. The second-order valence-electron chi connectivity index (χ2n) is 7.27. The summed E-state index contributed by atoms with van der Waals surface area (Å²) in [7, 11) is 0. The van der Waals surface area contributed by atoms with Gasteiger partial charge >= 0.3 is 11.9 Å². The summed E-state index contributed by atoms with van der Waals surface area (Å²) in [4.78, 5) is 22.4. The van der Waals surface area contributed by atoms with E-state index < -0.39 is 11.9 Å². The summed E-state index contributed by atoms with van der Waals surface area (Å²) < 4.78 is 2.05. The van der Waals surface area contributed by atoms with Gasteiger partial charge in [0.2, 0.25) is 0 Å². The van der Waals surface area contributed by atoms with Crippen molar-refractivity contribution in [3.8, 4) is 0 Å². The van der Waals surface area contributed by atoms with Crippen molar-refractivity contribution in [3.05, 3.63) is 30.6 Å². The van der Waals surface area contributed by atoms with Gasteiger partial charge in [-0.2, -0.15) is 0 Å². The Morgan fingerprint density at radius 1 is 0.852 bits per heavy atom. The monoisotopic (exact) mass is 399 g/mol. The van der Waals surface area contributed by atoms with Crippen LogP contribution in [0.3, 0.4) is 0 Å². The van der Waals surface area contributed by atoms with Crippen molar-refractivity contribution in [2.75, 3.05) is 0 Å². The summed E-state index contributed by atoms with van der Waals surface area (Å²) in [5.74, 6) is -1.50. The first-order valence-electron chi connectivity index (χ1n) is 9.89. The lowest BCUT2D eigenvalue weighted by Crippen LogP contribution is -3.00. The summed E-state index contributed by atoms with van der Waals surface area (Å²) in [5.41, 5.74) is 0. The van der Waals surface area contributed by atoms with Gasteiger partial charge in [-0.15, -0.1) is 0 Å². The second kappa shape index (κ2) is 15.4. The molecular weight excluding hydrogens is 366 g/mol. The summed E-state index contributed by atoms with van der Waals surface area (Å²) in [6.45, 7) is 2.93. The number of carboxylic acid groups (broad SMARTS) is 2. The quantitative estimate of drug-likeness (QED) is 0.344. The van der Waals surface area contributed by atoms with Crippen LogP contribution in [0.15, 0.2) is 30.6 Å². The van der Waals surface area contributed by atoms with E-state index in [-0.39, 0.29) is 37.1 Å². The average molecular weight is 400 g/mol. The molecular formula is C21H34ClNO4. The number of carbonyl (C=O) groups is 2. The number of halogens is 1. The molecule has 2 unspecified atom stereocenters. The fourth-order valence-electron chi connectivity index (χ4n) is 3.52. The number of aliphatic carboxylic acids is 2. The van der Waals surface area contributed by atoms with Crippen molar-refractivity contribution >= 4 is 11.9 Å². The van der Waals surface area contributed by atoms with Gasteiger partial charge in [0.1, 0.15) is 6.54 Å². The molecule has 2 N–H and O–H groups in total. The van der Waals surface area contributed by atoms with Crippen LogP contribution in [0.1, 0.15) is 71.1 Å². The van der Waals surface area contributed by atoms with E-state index in [9.17, 15) is 19.8 Å². The van der Waals surface area contributed by atoms with Crippen LogP contribution in [0.5, 0.6) is 0 Å². The summed E-state index contributed by atoms with van der Waals surface area (Å²) in [6, 6.07) is 5.86. The van der Waals surface area contributed by atoms with E-state index in [1.807, 2.05) is 35.2 Å². The van der Waals surface area contributed by atoms with Crippen LogP contribution in [0.25, 0.3) is 0 Å². The number of carboxylic acids is 2. The molecule has 0 aliphatic rings. The van der Waals surface area contributed by atoms with Gasteiger partial charge < -0.3 is 22.6 Å². The molecule has 1 heterocycles. The van der Waals surface area contributed by atoms with Gasteiger partial charge in [0.05, 0.1) is 0 Å². The molecule has 0 bridgehead atoms. The average Bonchev–Trinajstić information content (AvgIpc) is 2.59. The largest absolute Gasteiger partial charge is 1.00 e. The highest BCUT2D eigenvalue weighted by Crippen LogP contribution is 2.26. The first-order valence-corrected chi connectivity index (χ1v) is 9.89. The smallest absolute Gasteiger partial charge is 0.303 e. The Balaban J connectivity index is 0.00000676. The minimum atomic E-state index is -0.801. The van der Waals surface area contributed by atoms with Crippen molar-refractivity contribution in [2.24, 2.45) is 11.8 Å². The molecule has 0 radical (unpaired) electrons. The predicted molar refractivity (Wildman–Crippen MR) is 101 cm³/mol. The maximum atomic E-state index is 11.2.